The Morgan fingerprint density at radius 2 is 2.15 bits per heavy atom. The molecule has 1 unspecified atom stereocenters. The van der Waals surface area contributed by atoms with Crippen LogP contribution in [0.4, 0.5) is 5.69 Å². The summed E-state index contributed by atoms with van der Waals surface area (Å²) < 4.78 is 3.18. The lowest BCUT2D eigenvalue weighted by Gasteiger charge is -2.20. The van der Waals surface area contributed by atoms with Crippen LogP contribution in [0, 0.1) is 0 Å². The van der Waals surface area contributed by atoms with Gasteiger partial charge in [0, 0.05) is 55.8 Å². The number of guanidine groups is 1. The molecule has 2 heterocycles. The summed E-state index contributed by atoms with van der Waals surface area (Å²) in [6.45, 7) is 5.73. The summed E-state index contributed by atoms with van der Waals surface area (Å²) in [7, 11) is 1.81. The first-order valence-corrected chi connectivity index (χ1v) is 9.83. The van der Waals surface area contributed by atoms with Gasteiger partial charge in [0.05, 0.1) is 0 Å². The number of nitrogens with one attached hydrogen (secondary N) is 2. The predicted octanol–water partition coefficient (Wildman–Crippen LogP) is 2.05. The van der Waals surface area contributed by atoms with E-state index in [0.717, 1.165) is 55.3 Å². The molecule has 0 radical (unpaired) electrons. The zero-order valence-corrected chi connectivity index (χ0v) is 16.9. The Hall–Kier alpha value is -2.09. The molecule has 0 saturated carbocycles. The largest absolute Gasteiger partial charge is 0.369 e. The molecule has 1 aromatic heterocycles. The molecule has 26 heavy (non-hydrogen) atoms. The molecule has 3 rings (SSSR count). The van der Waals surface area contributed by atoms with Crippen LogP contribution in [0.25, 0.3) is 0 Å². The highest BCUT2D eigenvalue weighted by Crippen LogP contribution is 2.22. The zero-order chi connectivity index (χ0) is 18.4. The number of anilines is 1. The molecular formula is C18H26BrN7. The minimum absolute atomic E-state index is 0.394. The first-order chi connectivity index (χ1) is 12.7. The van der Waals surface area contributed by atoms with Gasteiger partial charge >= 0.3 is 0 Å². The second-order valence-electron chi connectivity index (χ2n) is 6.35. The highest BCUT2D eigenvalue weighted by atomic mass is 79.9. The van der Waals surface area contributed by atoms with Crippen LogP contribution in [0.3, 0.4) is 0 Å². The van der Waals surface area contributed by atoms with Crippen molar-refractivity contribution >= 4 is 27.6 Å². The molecule has 1 aliphatic rings. The Morgan fingerprint density at radius 3 is 2.88 bits per heavy atom. The molecule has 0 amide bonds. The van der Waals surface area contributed by atoms with Crippen molar-refractivity contribution in [2.24, 2.45) is 4.99 Å². The summed E-state index contributed by atoms with van der Waals surface area (Å²) in [4.78, 5) is 6.76. The van der Waals surface area contributed by atoms with Gasteiger partial charge in [-0.15, -0.1) is 10.2 Å². The highest BCUT2D eigenvalue weighted by Gasteiger charge is 2.23. The molecule has 7 nitrogen and oxygen atoms in total. The van der Waals surface area contributed by atoms with E-state index in [-0.39, 0.29) is 0 Å². The molecule has 1 saturated heterocycles. The van der Waals surface area contributed by atoms with E-state index >= 15 is 0 Å². The van der Waals surface area contributed by atoms with Crippen molar-refractivity contribution in [1.82, 2.24) is 25.4 Å². The van der Waals surface area contributed by atoms with Crippen LogP contribution in [0.15, 0.2) is 40.1 Å². The SMILES string of the molecule is CCc1nncn1CCNC(=NC)NC1CCN(c2ccc(Br)cc2)C1. The maximum absolute atomic E-state index is 4.35. The van der Waals surface area contributed by atoms with E-state index in [9.17, 15) is 0 Å². The van der Waals surface area contributed by atoms with Gasteiger partial charge in [0.15, 0.2) is 5.96 Å². The molecule has 1 fully saturated rings. The van der Waals surface area contributed by atoms with Crippen LogP contribution in [0.5, 0.6) is 0 Å². The van der Waals surface area contributed by atoms with E-state index in [1.54, 1.807) is 6.33 Å². The fraction of sp³-hybridized carbons (Fsp3) is 0.500. The van der Waals surface area contributed by atoms with E-state index in [1.807, 2.05) is 7.05 Å². The van der Waals surface area contributed by atoms with Crippen molar-refractivity contribution in [1.29, 1.82) is 0 Å². The van der Waals surface area contributed by atoms with Gasteiger partial charge in [-0.2, -0.15) is 0 Å². The molecular weight excluding hydrogens is 394 g/mol. The molecule has 0 aliphatic carbocycles. The molecule has 1 aliphatic heterocycles. The number of benzene rings is 1. The summed E-state index contributed by atoms with van der Waals surface area (Å²) in [5.41, 5.74) is 1.26. The third-order valence-electron chi connectivity index (χ3n) is 4.60. The summed E-state index contributed by atoms with van der Waals surface area (Å²) in [5.74, 6) is 1.86. The number of hydrogen-bond acceptors (Lipinski definition) is 4. The second kappa shape index (κ2) is 9.02. The predicted molar refractivity (Wildman–Crippen MR) is 109 cm³/mol. The molecule has 140 valence electrons. The molecule has 1 atom stereocenters. The van der Waals surface area contributed by atoms with Gasteiger partial charge < -0.3 is 20.1 Å². The van der Waals surface area contributed by atoms with Gasteiger partial charge in [-0.3, -0.25) is 4.99 Å². The number of aliphatic imine (C=N–C) groups is 1. The van der Waals surface area contributed by atoms with Crippen LogP contribution < -0.4 is 15.5 Å². The number of rotatable bonds is 6. The van der Waals surface area contributed by atoms with Crippen LogP contribution in [-0.4, -0.2) is 53.4 Å². The van der Waals surface area contributed by atoms with Crippen molar-refractivity contribution in [3.8, 4) is 0 Å². The topological polar surface area (TPSA) is 70.4 Å². The van der Waals surface area contributed by atoms with E-state index in [2.05, 4.69) is 82.4 Å². The molecule has 2 N–H and O–H groups in total. The van der Waals surface area contributed by atoms with Gasteiger partial charge in [-0.05, 0) is 30.7 Å². The summed E-state index contributed by atoms with van der Waals surface area (Å²) in [5, 5.41) is 15.0. The van der Waals surface area contributed by atoms with Crippen LogP contribution in [0.2, 0.25) is 0 Å². The van der Waals surface area contributed by atoms with E-state index in [1.165, 1.54) is 5.69 Å². The molecule has 0 bridgehead atoms. The molecule has 0 spiro atoms. The van der Waals surface area contributed by atoms with Crippen molar-refractivity contribution in [2.45, 2.75) is 32.4 Å². The van der Waals surface area contributed by atoms with E-state index < -0.39 is 0 Å². The minimum Gasteiger partial charge on any atom is -0.369 e. The lowest BCUT2D eigenvalue weighted by Crippen LogP contribution is -2.45. The fourth-order valence-corrected chi connectivity index (χ4v) is 3.45. The third kappa shape index (κ3) is 4.75. The van der Waals surface area contributed by atoms with Crippen LogP contribution in [0.1, 0.15) is 19.2 Å². The lowest BCUT2D eigenvalue weighted by atomic mass is 10.3. The summed E-state index contributed by atoms with van der Waals surface area (Å²) in [6.07, 6.45) is 3.77. The Balaban J connectivity index is 1.46. The van der Waals surface area contributed by atoms with Gasteiger partial charge in [-0.1, -0.05) is 22.9 Å². The fourth-order valence-electron chi connectivity index (χ4n) is 3.19. The number of halogens is 1. The average Bonchev–Trinajstić information content (AvgIpc) is 3.30. The van der Waals surface area contributed by atoms with Gasteiger partial charge in [0.2, 0.25) is 0 Å². The van der Waals surface area contributed by atoms with Crippen LogP contribution in [-0.2, 0) is 13.0 Å². The smallest absolute Gasteiger partial charge is 0.191 e. The Bertz CT molecular complexity index is 725. The standard InChI is InChI=1S/C18H26BrN7/c1-3-17-24-22-13-26(17)11-9-21-18(20-2)23-15-8-10-25(12-15)16-6-4-14(19)5-7-16/h4-7,13,15H,3,8-12H2,1-2H3,(H2,20,21,23). The first-order valence-electron chi connectivity index (χ1n) is 9.04. The summed E-state index contributed by atoms with van der Waals surface area (Å²) >= 11 is 3.49. The monoisotopic (exact) mass is 419 g/mol. The van der Waals surface area contributed by atoms with Gasteiger partial charge in [0.1, 0.15) is 12.2 Å². The van der Waals surface area contributed by atoms with E-state index in [4.69, 9.17) is 0 Å². The Labute approximate surface area is 163 Å². The second-order valence-corrected chi connectivity index (χ2v) is 7.26. The Kier molecular flexibility index (Phi) is 6.49. The maximum atomic E-state index is 4.35. The van der Waals surface area contributed by atoms with Gasteiger partial charge in [0.25, 0.3) is 0 Å². The number of hydrogen-bond donors (Lipinski definition) is 2. The number of aryl methyl sites for hydroxylation is 1. The number of aromatic nitrogens is 3. The zero-order valence-electron chi connectivity index (χ0n) is 15.3. The first kappa shape index (κ1) is 18.7. The molecule has 1 aromatic carbocycles. The van der Waals surface area contributed by atoms with Crippen molar-refractivity contribution in [2.75, 3.05) is 31.6 Å². The number of nitrogens with zero attached hydrogens (tertiary/aromatic N) is 5. The van der Waals surface area contributed by atoms with Crippen molar-refractivity contribution in [3.05, 3.63) is 40.9 Å². The third-order valence-corrected chi connectivity index (χ3v) is 5.13. The van der Waals surface area contributed by atoms with Crippen molar-refractivity contribution in [3.63, 3.8) is 0 Å². The van der Waals surface area contributed by atoms with Crippen LogP contribution >= 0.6 is 15.9 Å². The minimum atomic E-state index is 0.394. The Morgan fingerprint density at radius 1 is 1.35 bits per heavy atom. The maximum Gasteiger partial charge on any atom is 0.191 e. The lowest BCUT2D eigenvalue weighted by molar-refractivity contribution is 0.611. The van der Waals surface area contributed by atoms with Gasteiger partial charge in [-0.25, -0.2) is 0 Å². The average molecular weight is 420 g/mol. The summed E-state index contributed by atoms with van der Waals surface area (Å²) in [6, 6.07) is 8.89. The quantitative estimate of drug-likeness (QED) is 0.553. The normalized spacial score (nSPS) is 17.6. The van der Waals surface area contributed by atoms with Crippen molar-refractivity contribution < 1.29 is 0 Å². The molecule has 2 aromatic rings. The molecule has 8 heteroatoms. The highest BCUT2D eigenvalue weighted by molar-refractivity contribution is 9.10. The van der Waals surface area contributed by atoms with E-state index in [0.29, 0.717) is 6.04 Å².